The van der Waals surface area contributed by atoms with Gasteiger partial charge in [0, 0.05) is 18.2 Å². The second-order valence-electron chi connectivity index (χ2n) is 6.20. The zero-order valence-corrected chi connectivity index (χ0v) is 15.5. The van der Waals surface area contributed by atoms with Crippen molar-refractivity contribution in [3.8, 4) is 5.69 Å². The van der Waals surface area contributed by atoms with Crippen LogP contribution in [-0.4, -0.2) is 37.5 Å². The summed E-state index contributed by atoms with van der Waals surface area (Å²) in [6.45, 7) is 1.87. The summed E-state index contributed by atoms with van der Waals surface area (Å²) in [4.78, 5) is 39.2. The zero-order valence-electron chi connectivity index (χ0n) is 15.5. The Labute approximate surface area is 165 Å². The first-order valence-corrected chi connectivity index (χ1v) is 8.71. The van der Waals surface area contributed by atoms with Crippen molar-refractivity contribution >= 4 is 17.5 Å². The molecule has 3 aromatic rings. The number of carbonyl (C=O) groups is 2. The lowest BCUT2D eigenvalue weighted by atomic mass is 10.1. The predicted molar refractivity (Wildman–Crippen MR) is 103 cm³/mol. The van der Waals surface area contributed by atoms with Crippen LogP contribution in [0.3, 0.4) is 0 Å². The molecule has 29 heavy (non-hydrogen) atoms. The highest BCUT2D eigenvalue weighted by molar-refractivity contribution is 5.98. The summed E-state index contributed by atoms with van der Waals surface area (Å²) in [5, 5.41) is 20.5. The maximum absolute atomic E-state index is 12.5. The van der Waals surface area contributed by atoms with Crippen LogP contribution in [0.4, 0.5) is 5.69 Å². The van der Waals surface area contributed by atoms with Crippen molar-refractivity contribution in [2.45, 2.75) is 19.5 Å². The molecule has 1 heterocycles. The van der Waals surface area contributed by atoms with Gasteiger partial charge < -0.3 is 10.6 Å². The summed E-state index contributed by atoms with van der Waals surface area (Å²) in [6.07, 6.45) is 2.57. The van der Waals surface area contributed by atoms with Gasteiger partial charge in [0.15, 0.2) is 0 Å². The lowest BCUT2D eigenvalue weighted by Gasteiger charge is -2.14. The Bertz CT molecular complexity index is 1020. The Morgan fingerprint density at radius 1 is 1.21 bits per heavy atom. The minimum atomic E-state index is -0.819. The Balaban J connectivity index is 1.67. The molecule has 148 valence electrons. The molecule has 2 N–H and O–H groups in total. The number of hydrogen-bond acceptors (Lipinski definition) is 6. The van der Waals surface area contributed by atoms with Crippen molar-refractivity contribution in [3.05, 3.63) is 82.4 Å². The average molecular weight is 394 g/mol. The molecule has 0 bridgehead atoms. The van der Waals surface area contributed by atoms with E-state index >= 15 is 0 Å². The van der Waals surface area contributed by atoms with E-state index in [1.165, 1.54) is 36.4 Å². The van der Waals surface area contributed by atoms with E-state index < -0.39 is 16.9 Å². The van der Waals surface area contributed by atoms with Gasteiger partial charge in [0.25, 0.3) is 11.6 Å². The van der Waals surface area contributed by atoms with Crippen molar-refractivity contribution < 1.29 is 14.5 Å². The Kier molecular flexibility index (Phi) is 5.93. The van der Waals surface area contributed by atoms with Crippen molar-refractivity contribution in [3.63, 3.8) is 0 Å². The van der Waals surface area contributed by atoms with E-state index in [1.54, 1.807) is 0 Å². The van der Waals surface area contributed by atoms with Crippen LogP contribution in [0.5, 0.6) is 0 Å². The average Bonchev–Trinajstić information content (AvgIpc) is 3.26. The van der Waals surface area contributed by atoms with Gasteiger partial charge in [0.05, 0.1) is 4.92 Å². The summed E-state index contributed by atoms with van der Waals surface area (Å²) >= 11 is 0. The van der Waals surface area contributed by atoms with E-state index in [0.29, 0.717) is 6.54 Å². The molecular weight excluding hydrogens is 376 g/mol. The molecule has 3 rings (SSSR count). The summed E-state index contributed by atoms with van der Waals surface area (Å²) in [6, 6.07) is 12.5. The predicted octanol–water partition coefficient (Wildman–Crippen LogP) is 1.61. The van der Waals surface area contributed by atoms with Crippen molar-refractivity contribution in [1.29, 1.82) is 0 Å². The van der Waals surface area contributed by atoms with Gasteiger partial charge in [0.2, 0.25) is 5.91 Å². The van der Waals surface area contributed by atoms with Crippen LogP contribution < -0.4 is 10.6 Å². The highest BCUT2D eigenvalue weighted by Crippen LogP contribution is 2.23. The number of aromatic nitrogens is 3. The SMILES string of the molecule is CC(NC(=O)c1ccc(-n2cncn2)c([N+](=O)[O-])c1)C(=O)NCc1ccccc1. The summed E-state index contributed by atoms with van der Waals surface area (Å²) in [7, 11) is 0. The Hall–Kier alpha value is -4.08. The Morgan fingerprint density at radius 2 is 1.97 bits per heavy atom. The molecule has 0 aliphatic heterocycles. The van der Waals surface area contributed by atoms with Gasteiger partial charge in [-0.3, -0.25) is 19.7 Å². The lowest BCUT2D eigenvalue weighted by Crippen LogP contribution is -2.44. The first-order valence-electron chi connectivity index (χ1n) is 8.71. The molecule has 2 amide bonds. The molecule has 0 spiro atoms. The smallest absolute Gasteiger partial charge is 0.295 e. The normalized spacial score (nSPS) is 11.5. The fourth-order valence-corrected chi connectivity index (χ4v) is 2.62. The molecular formula is C19H18N6O4. The monoisotopic (exact) mass is 394 g/mol. The molecule has 0 aliphatic carbocycles. The number of benzene rings is 2. The largest absolute Gasteiger partial charge is 0.350 e. The van der Waals surface area contributed by atoms with Crippen LogP contribution in [0, 0.1) is 10.1 Å². The van der Waals surface area contributed by atoms with E-state index in [9.17, 15) is 19.7 Å². The molecule has 1 atom stereocenters. The van der Waals surface area contributed by atoms with Crippen LogP contribution in [-0.2, 0) is 11.3 Å². The lowest BCUT2D eigenvalue weighted by molar-refractivity contribution is -0.384. The van der Waals surface area contributed by atoms with E-state index in [-0.39, 0.29) is 22.8 Å². The van der Waals surface area contributed by atoms with Gasteiger partial charge in [0.1, 0.15) is 24.4 Å². The standard InChI is InChI=1S/C19H18N6O4/c1-13(18(26)21-10-14-5-3-2-4-6-14)23-19(27)15-7-8-16(17(9-15)25(28)29)24-12-20-11-22-24/h2-9,11-13H,10H2,1H3,(H,21,26)(H,23,27). The van der Waals surface area contributed by atoms with Crippen molar-refractivity contribution in [2.24, 2.45) is 0 Å². The van der Waals surface area contributed by atoms with E-state index in [0.717, 1.165) is 11.6 Å². The number of nitrogens with one attached hydrogen (secondary N) is 2. The summed E-state index contributed by atoms with van der Waals surface area (Å²) < 4.78 is 1.24. The van der Waals surface area contributed by atoms with Crippen molar-refractivity contribution in [1.82, 2.24) is 25.4 Å². The third-order valence-electron chi connectivity index (χ3n) is 4.15. The quantitative estimate of drug-likeness (QED) is 0.462. The maximum Gasteiger partial charge on any atom is 0.295 e. The molecule has 0 aliphatic rings. The maximum atomic E-state index is 12.5. The van der Waals surface area contributed by atoms with E-state index in [1.807, 2.05) is 30.3 Å². The van der Waals surface area contributed by atoms with Crippen LogP contribution in [0.2, 0.25) is 0 Å². The van der Waals surface area contributed by atoms with Gasteiger partial charge >= 0.3 is 0 Å². The highest BCUT2D eigenvalue weighted by atomic mass is 16.6. The second-order valence-corrected chi connectivity index (χ2v) is 6.20. The molecule has 0 saturated carbocycles. The number of nitro groups is 1. The van der Waals surface area contributed by atoms with Crippen LogP contribution in [0.15, 0.2) is 61.2 Å². The van der Waals surface area contributed by atoms with Gasteiger partial charge in [-0.1, -0.05) is 30.3 Å². The first kappa shape index (κ1) is 19.7. The summed E-state index contributed by atoms with van der Waals surface area (Å²) in [5.41, 5.74) is 0.865. The third-order valence-corrected chi connectivity index (χ3v) is 4.15. The van der Waals surface area contributed by atoms with Crippen LogP contribution >= 0.6 is 0 Å². The van der Waals surface area contributed by atoms with Gasteiger partial charge in [-0.15, -0.1) is 0 Å². The molecule has 1 aromatic heterocycles. The molecule has 0 fully saturated rings. The fourth-order valence-electron chi connectivity index (χ4n) is 2.62. The fraction of sp³-hybridized carbons (Fsp3) is 0.158. The number of rotatable bonds is 7. The number of carbonyl (C=O) groups excluding carboxylic acids is 2. The van der Waals surface area contributed by atoms with E-state index in [2.05, 4.69) is 20.7 Å². The zero-order chi connectivity index (χ0) is 20.8. The molecule has 1 unspecified atom stereocenters. The Morgan fingerprint density at radius 3 is 2.62 bits per heavy atom. The molecule has 10 nitrogen and oxygen atoms in total. The highest BCUT2D eigenvalue weighted by Gasteiger charge is 2.21. The summed E-state index contributed by atoms with van der Waals surface area (Å²) in [5.74, 6) is -0.962. The molecule has 2 aromatic carbocycles. The van der Waals surface area contributed by atoms with Crippen molar-refractivity contribution in [2.75, 3.05) is 0 Å². The van der Waals surface area contributed by atoms with E-state index in [4.69, 9.17) is 0 Å². The van der Waals surface area contributed by atoms with Gasteiger partial charge in [-0.2, -0.15) is 5.10 Å². The van der Waals surface area contributed by atoms with Gasteiger partial charge in [-0.25, -0.2) is 9.67 Å². The number of nitrogens with zero attached hydrogens (tertiary/aromatic N) is 4. The number of nitro benzene ring substituents is 1. The second kappa shape index (κ2) is 8.74. The van der Waals surface area contributed by atoms with Gasteiger partial charge in [-0.05, 0) is 24.6 Å². The molecule has 0 radical (unpaired) electrons. The minimum absolute atomic E-state index is 0.0586. The molecule has 10 heteroatoms. The topological polar surface area (TPSA) is 132 Å². The molecule has 0 saturated heterocycles. The van der Waals surface area contributed by atoms with Crippen LogP contribution in [0.25, 0.3) is 5.69 Å². The van der Waals surface area contributed by atoms with Crippen LogP contribution in [0.1, 0.15) is 22.8 Å². The number of amides is 2. The first-order chi connectivity index (χ1) is 14.0. The number of hydrogen-bond donors (Lipinski definition) is 2. The third kappa shape index (κ3) is 4.80. The minimum Gasteiger partial charge on any atom is -0.350 e.